The molecule has 2 heterocycles. The van der Waals surface area contributed by atoms with Gasteiger partial charge in [0, 0.05) is 13.6 Å². The van der Waals surface area contributed by atoms with Crippen molar-refractivity contribution in [3.63, 3.8) is 0 Å². The first-order chi connectivity index (χ1) is 12.8. The summed E-state index contributed by atoms with van der Waals surface area (Å²) < 4.78 is 51.6. The Hall–Kier alpha value is -1.23. The van der Waals surface area contributed by atoms with E-state index in [1.54, 1.807) is 27.0 Å². The fourth-order valence-electron chi connectivity index (χ4n) is 3.66. The van der Waals surface area contributed by atoms with Crippen molar-refractivity contribution in [1.29, 1.82) is 0 Å². The van der Waals surface area contributed by atoms with Crippen LogP contribution in [0.5, 0.6) is 5.75 Å². The summed E-state index contributed by atoms with van der Waals surface area (Å²) in [7, 11) is 1.60. The topological polar surface area (TPSA) is 54.9 Å². The third kappa shape index (κ3) is 5.65. The molecular weight excluding hydrogens is 486 g/mol. The number of nitrogens with zero attached hydrogens (tertiary/aromatic N) is 1. The molecule has 2 fully saturated rings. The van der Waals surface area contributed by atoms with Gasteiger partial charge in [0.2, 0.25) is 0 Å². The lowest BCUT2D eigenvalue weighted by molar-refractivity contribution is -0.138. The highest BCUT2D eigenvalue weighted by Gasteiger charge is 2.41. The van der Waals surface area contributed by atoms with Crippen molar-refractivity contribution in [2.45, 2.75) is 70.2 Å². The summed E-state index contributed by atoms with van der Waals surface area (Å²) in [4.78, 5) is 4.13. The van der Waals surface area contributed by atoms with Gasteiger partial charge in [-0.2, -0.15) is 13.2 Å². The van der Waals surface area contributed by atoms with Gasteiger partial charge in [0.05, 0.1) is 29.9 Å². The number of rotatable bonds is 5. The Morgan fingerprint density at radius 1 is 1.32 bits per heavy atom. The van der Waals surface area contributed by atoms with Crippen molar-refractivity contribution in [3.05, 3.63) is 29.3 Å². The van der Waals surface area contributed by atoms with Gasteiger partial charge in [-0.1, -0.05) is 6.07 Å². The Balaban J connectivity index is 0.00000280. The predicted molar refractivity (Wildman–Crippen MR) is 112 cm³/mol. The van der Waals surface area contributed by atoms with E-state index in [1.165, 1.54) is 6.07 Å². The molecule has 0 saturated carbocycles. The molecule has 5 nitrogen and oxygen atoms in total. The number of alkyl halides is 3. The second-order valence-corrected chi connectivity index (χ2v) is 7.27. The molecule has 0 aliphatic carbocycles. The smallest absolute Gasteiger partial charge is 0.416 e. The van der Waals surface area contributed by atoms with Crippen molar-refractivity contribution < 1.29 is 22.6 Å². The van der Waals surface area contributed by atoms with Crippen LogP contribution in [0.2, 0.25) is 0 Å². The van der Waals surface area contributed by atoms with Crippen LogP contribution in [0.15, 0.2) is 23.2 Å². The lowest BCUT2D eigenvalue weighted by Gasteiger charge is -2.23. The summed E-state index contributed by atoms with van der Waals surface area (Å²) in [6, 6.07) is 4.21. The number of aliphatic imine (C=N–C) groups is 1. The first kappa shape index (κ1) is 23.1. The molecule has 3 unspecified atom stereocenters. The summed E-state index contributed by atoms with van der Waals surface area (Å²) in [5, 5.41) is 6.26. The highest BCUT2D eigenvalue weighted by Crippen LogP contribution is 2.35. The van der Waals surface area contributed by atoms with Gasteiger partial charge in [-0.15, -0.1) is 24.0 Å². The second-order valence-electron chi connectivity index (χ2n) is 7.27. The van der Waals surface area contributed by atoms with Crippen LogP contribution < -0.4 is 15.4 Å². The first-order valence-corrected chi connectivity index (χ1v) is 9.25. The van der Waals surface area contributed by atoms with Gasteiger partial charge >= 0.3 is 6.18 Å². The molecule has 2 aliphatic rings. The molecule has 0 amide bonds. The Labute approximate surface area is 180 Å². The SMILES string of the molecule is CN=C(NCc1ccc(OC(C)C)cc1C(F)(F)F)NC1CC2CCC1O2.I. The minimum Gasteiger partial charge on any atom is -0.491 e. The summed E-state index contributed by atoms with van der Waals surface area (Å²) in [5.41, 5.74) is -0.558. The maximum Gasteiger partial charge on any atom is 0.416 e. The van der Waals surface area contributed by atoms with Crippen molar-refractivity contribution >= 4 is 29.9 Å². The average molecular weight is 513 g/mol. The lowest BCUT2D eigenvalue weighted by atomic mass is 9.96. The predicted octanol–water partition coefficient (Wildman–Crippen LogP) is 4.10. The minimum atomic E-state index is -4.46. The van der Waals surface area contributed by atoms with Gasteiger partial charge in [0.1, 0.15) is 5.75 Å². The molecular formula is C19H27F3IN3O2. The van der Waals surface area contributed by atoms with Crippen LogP contribution in [-0.4, -0.2) is 37.4 Å². The van der Waals surface area contributed by atoms with Gasteiger partial charge in [-0.05, 0) is 50.8 Å². The van der Waals surface area contributed by atoms with E-state index in [2.05, 4.69) is 15.6 Å². The van der Waals surface area contributed by atoms with E-state index in [4.69, 9.17) is 9.47 Å². The molecule has 1 aromatic rings. The molecule has 28 heavy (non-hydrogen) atoms. The standard InChI is InChI=1S/C19H26F3N3O2.HI/c1-11(2)26-13-5-4-12(15(8-13)19(20,21)22)10-24-18(23-3)25-16-9-14-6-7-17(16)27-14;/h4-5,8,11,14,16-17H,6-7,9-10H2,1-3H3,(H2,23,24,25);1H. The number of guanidine groups is 1. The first-order valence-electron chi connectivity index (χ1n) is 9.25. The number of ether oxygens (including phenoxy) is 2. The molecule has 2 N–H and O–H groups in total. The number of fused-ring (bicyclic) bond motifs is 2. The Bertz CT molecular complexity index is 697. The van der Waals surface area contributed by atoms with Crippen LogP contribution in [0.1, 0.15) is 44.2 Å². The van der Waals surface area contributed by atoms with E-state index >= 15 is 0 Å². The highest BCUT2D eigenvalue weighted by atomic mass is 127. The Morgan fingerprint density at radius 2 is 2.07 bits per heavy atom. The van der Waals surface area contributed by atoms with Gasteiger partial charge in [-0.3, -0.25) is 4.99 Å². The molecule has 9 heteroatoms. The molecule has 158 valence electrons. The van der Waals surface area contributed by atoms with Crippen LogP contribution in [0, 0.1) is 0 Å². The van der Waals surface area contributed by atoms with Crippen LogP contribution in [0.4, 0.5) is 13.2 Å². The largest absolute Gasteiger partial charge is 0.491 e. The molecule has 3 rings (SSSR count). The number of hydrogen-bond donors (Lipinski definition) is 2. The lowest BCUT2D eigenvalue weighted by Crippen LogP contribution is -2.47. The fourth-order valence-corrected chi connectivity index (χ4v) is 3.66. The quantitative estimate of drug-likeness (QED) is 0.354. The van der Waals surface area contributed by atoms with Gasteiger partial charge < -0.3 is 20.1 Å². The zero-order valence-electron chi connectivity index (χ0n) is 16.2. The summed E-state index contributed by atoms with van der Waals surface area (Å²) in [6.45, 7) is 3.56. The molecule has 2 bridgehead atoms. The number of nitrogens with one attached hydrogen (secondary N) is 2. The van der Waals surface area contributed by atoms with E-state index in [0.29, 0.717) is 5.96 Å². The van der Waals surface area contributed by atoms with Crippen molar-refractivity contribution in [2.75, 3.05) is 7.05 Å². The van der Waals surface area contributed by atoms with Crippen LogP contribution in [-0.2, 0) is 17.5 Å². The number of benzene rings is 1. The number of halogens is 4. The van der Waals surface area contributed by atoms with Crippen LogP contribution in [0.3, 0.4) is 0 Å². The zero-order valence-corrected chi connectivity index (χ0v) is 18.5. The molecule has 1 aromatic carbocycles. The van der Waals surface area contributed by atoms with E-state index in [1.807, 2.05) is 0 Å². The van der Waals surface area contributed by atoms with E-state index in [-0.39, 0.29) is 66.2 Å². The monoisotopic (exact) mass is 513 g/mol. The highest BCUT2D eigenvalue weighted by molar-refractivity contribution is 14.0. The van der Waals surface area contributed by atoms with E-state index in [9.17, 15) is 13.2 Å². The molecule has 0 aromatic heterocycles. The molecule has 2 saturated heterocycles. The molecule has 2 aliphatic heterocycles. The normalized spacial score (nSPS) is 24.2. The van der Waals surface area contributed by atoms with Crippen molar-refractivity contribution in [1.82, 2.24) is 10.6 Å². The fraction of sp³-hybridized carbons (Fsp3) is 0.632. The molecule has 3 atom stereocenters. The average Bonchev–Trinajstić information content (AvgIpc) is 3.20. The third-order valence-electron chi connectivity index (χ3n) is 4.86. The van der Waals surface area contributed by atoms with Crippen molar-refractivity contribution in [2.24, 2.45) is 4.99 Å². The summed E-state index contributed by atoms with van der Waals surface area (Å²) in [6.07, 6.45) is -1.21. The van der Waals surface area contributed by atoms with Crippen molar-refractivity contribution in [3.8, 4) is 5.75 Å². The minimum absolute atomic E-state index is 0. The van der Waals surface area contributed by atoms with E-state index in [0.717, 1.165) is 25.3 Å². The molecule has 0 spiro atoms. The van der Waals surface area contributed by atoms with Crippen LogP contribution in [0.25, 0.3) is 0 Å². The Morgan fingerprint density at radius 3 is 2.61 bits per heavy atom. The van der Waals surface area contributed by atoms with Crippen LogP contribution >= 0.6 is 24.0 Å². The zero-order chi connectivity index (χ0) is 19.6. The maximum atomic E-state index is 13.5. The second kappa shape index (κ2) is 9.51. The number of hydrogen-bond acceptors (Lipinski definition) is 3. The van der Waals surface area contributed by atoms with Gasteiger partial charge in [0.15, 0.2) is 5.96 Å². The summed E-state index contributed by atoms with van der Waals surface area (Å²) in [5.74, 6) is 0.689. The summed E-state index contributed by atoms with van der Waals surface area (Å²) >= 11 is 0. The maximum absolute atomic E-state index is 13.5. The molecule has 0 radical (unpaired) electrons. The van der Waals surface area contributed by atoms with Gasteiger partial charge in [0.25, 0.3) is 0 Å². The van der Waals surface area contributed by atoms with Gasteiger partial charge in [-0.25, -0.2) is 0 Å². The Kier molecular flexibility index (Phi) is 7.83. The third-order valence-corrected chi connectivity index (χ3v) is 4.86. The van der Waals surface area contributed by atoms with E-state index < -0.39 is 11.7 Å².